The predicted octanol–water partition coefficient (Wildman–Crippen LogP) is 3.95. The molecule has 2 heterocycles. The highest BCUT2D eigenvalue weighted by Gasteiger charge is 2.16. The lowest BCUT2D eigenvalue weighted by atomic mass is 10.2. The summed E-state index contributed by atoms with van der Waals surface area (Å²) in [7, 11) is 0. The monoisotopic (exact) mass is 347 g/mol. The van der Waals surface area contributed by atoms with E-state index >= 15 is 0 Å². The zero-order valence-electron chi connectivity index (χ0n) is 13.6. The molecule has 1 unspecified atom stereocenters. The van der Waals surface area contributed by atoms with Gasteiger partial charge in [0, 0.05) is 12.3 Å². The first-order chi connectivity index (χ1) is 11.7. The number of hydrogen-bond donors (Lipinski definition) is 1. The van der Waals surface area contributed by atoms with Gasteiger partial charge in [-0.15, -0.1) is 0 Å². The number of anilines is 1. The second-order valence-electron chi connectivity index (χ2n) is 5.62. The Balaban J connectivity index is 1.51. The summed E-state index contributed by atoms with van der Waals surface area (Å²) in [6, 6.07) is 10.8. The molecule has 128 valence electrons. The molecule has 24 heavy (non-hydrogen) atoms. The summed E-state index contributed by atoms with van der Waals surface area (Å²) in [6.07, 6.45) is 4.34. The number of amides is 1. The summed E-state index contributed by atoms with van der Waals surface area (Å²) in [5, 5.41) is 2.82. The van der Waals surface area contributed by atoms with E-state index in [4.69, 9.17) is 13.9 Å². The molecule has 1 aliphatic heterocycles. The van der Waals surface area contributed by atoms with Crippen LogP contribution in [0.5, 0.6) is 5.75 Å². The van der Waals surface area contributed by atoms with Crippen molar-refractivity contribution in [2.45, 2.75) is 24.7 Å². The normalized spacial score (nSPS) is 17.0. The zero-order chi connectivity index (χ0) is 16.8. The molecule has 2 aromatic rings. The van der Waals surface area contributed by atoms with Crippen molar-refractivity contribution in [1.82, 2.24) is 0 Å². The maximum absolute atomic E-state index is 12.2. The Hall–Kier alpha value is -1.92. The largest absolute Gasteiger partial charge is 0.491 e. The van der Waals surface area contributed by atoms with E-state index in [9.17, 15) is 4.79 Å². The van der Waals surface area contributed by atoms with Crippen LogP contribution < -0.4 is 10.1 Å². The maximum Gasteiger partial charge on any atom is 0.291 e. The molecule has 0 aliphatic carbocycles. The van der Waals surface area contributed by atoms with Crippen molar-refractivity contribution < 1.29 is 18.7 Å². The van der Waals surface area contributed by atoms with Crippen LogP contribution in [-0.4, -0.2) is 31.5 Å². The van der Waals surface area contributed by atoms with E-state index in [0.29, 0.717) is 18.1 Å². The number of carbonyl (C=O) groups is 1. The fraction of sp³-hybridized carbons (Fsp3) is 0.389. The van der Waals surface area contributed by atoms with Crippen LogP contribution in [0, 0.1) is 0 Å². The first kappa shape index (κ1) is 16.9. The van der Waals surface area contributed by atoms with Crippen LogP contribution in [0.2, 0.25) is 0 Å². The van der Waals surface area contributed by atoms with Gasteiger partial charge in [-0.2, -0.15) is 11.8 Å². The second-order valence-corrected chi connectivity index (χ2v) is 6.49. The van der Waals surface area contributed by atoms with Gasteiger partial charge in [-0.1, -0.05) is 0 Å². The van der Waals surface area contributed by atoms with Gasteiger partial charge in [0.2, 0.25) is 0 Å². The molecule has 0 spiro atoms. The van der Waals surface area contributed by atoms with Crippen molar-refractivity contribution in [3.63, 3.8) is 0 Å². The van der Waals surface area contributed by atoms with Gasteiger partial charge < -0.3 is 19.2 Å². The number of benzene rings is 1. The van der Waals surface area contributed by atoms with Crippen LogP contribution in [0.4, 0.5) is 5.69 Å². The summed E-state index contributed by atoms with van der Waals surface area (Å²) in [5.74, 6) is 2.38. The van der Waals surface area contributed by atoms with Crippen LogP contribution >= 0.6 is 11.8 Å². The lowest BCUT2D eigenvalue weighted by molar-refractivity contribution is 0.0679. The van der Waals surface area contributed by atoms with Gasteiger partial charge in [0.15, 0.2) is 5.76 Å². The number of hydrogen-bond acceptors (Lipinski definition) is 5. The molecule has 1 atom stereocenters. The van der Waals surface area contributed by atoms with E-state index in [1.165, 1.54) is 0 Å². The zero-order valence-corrected chi connectivity index (χ0v) is 14.4. The second kappa shape index (κ2) is 8.26. The van der Waals surface area contributed by atoms with Gasteiger partial charge in [-0.3, -0.25) is 4.79 Å². The van der Waals surface area contributed by atoms with Crippen molar-refractivity contribution in [1.29, 1.82) is 0 Å². The van der Waals surface area contributed by atoms with Crippen molar-refractivity contribution in [3.05, 3.63) is 47.9 Å². The first-order valence-electron chi connectivity index (χ1n) is 7.98. The molecule has 0 radical (unpaired) electrons. The molecule has 1 amide bonds. The van der Waals surface area contributed by atoms with Crippen LogP contribution in [-0.2, 0) is 10.5 Å². The Morgan fingerprint density at radius 1 is 1.29 bits per heavy atom. The van der Waals surface area contributed by atoms with Gasteiger partial charge in [0.1, 0.15) is 18.1 Å². The number of carbonyl (C=O) groups excluding carboxylic acids is 1. The molecule has 1 saturated heterocycles. The number of rotatable bonds is 7. The van der Waals surface area contributed by atoms with E-state index < -0.39 is 0 Å². The smallest absolute Gasteiger partial charge is 0.291 e. The Kier molecular flexibility index (Phi) is 5.82. The molecule has 0 saturated carbocycles. The third kappa shape index (κ3) is 4.55. The molecular weight excluding hydrogens is 326 g/mol. The van der Waals surface area contributed by atoms with Crippen LogP contribution in [0.1, 0.15) is 29.2 Å². The Labute approximate surface area is 145 Å². The van der Waals surface area contributed by atoms with E-state index in [2.05, 4.69) is 5.32 Å². The molecule has 6 heteroatoms. The van der Waals surface area contributed by atoms with Crippen molar-refractivity contribution in [2.24, 2.45) is 0 Å². The van der Waals surface area contributed by atoms with Crippen molar-refractivity contribution in [2.75, 3.05) is 24.8 Å². The molecule has 1 aliphatic rings. The third-order valence-electron chi connectivity index (χ3n) is 3.74. The molecule has 5 nitrogen and oxygen atoms in total. The minimum Gasteiger partial charge on any atom is -0.491 e. The topological polar surface area (TPSA) is 60.7 Å². The number of ether oxygens (including phenoxy) is 2. The highest BCUT2D eigenvalue weighted by molar-refractivity contribution is 7.97. The Morgan fingerprint density at radius 3 is 2.83 bits per heavy atom. The fourth-order valence-electron chi connectivity index (χ4n) is 2.51. The van der Waals surface area contributed by atoms with Crippen molar-refractivity contribution in [3.8, 4) is 5.75 Å². The van der Waals surface area contributed by atoms with Gasteiger partial charge in [0.05, 0.1) is 11.9 Å². The van der Waals surface area contributed by atoms with E-state index in [1.54, 1.807) is 17.8 Å². The molecule has 1 N–H and O–H groups in total. The summed E-state index contributed by atoms with van der Waals surface area (Å²) in [6.45, 7) is 1.39. The van der Waals surface area contributed by atoms with E-state index in [1.807, 2.05) is 36.6 Å². The summed E-state index contributed by atoms with van der Waals surface area (Å²) in [5.41, 5.74) is 0.701. The summed E-state index contributed by atoms with van der Waals surface area (Å²) < 4.78 is 16.7. The van der Waals surface area contributed by atoms with E-state index in [-0.39, 0.29) is 12.0 Å². The molecule has 0 bridgehead atoms. The van der Waals surface area contributed by atoms with Crippen molar-refractivity contribution >= 4 is 23.4 Å². The summed E-state index contributed by atoms with van der Waals surface area (Å²) >= 11 is 1.65. The number of thioether (sulfide) groups is 1. The molecule has 3 rings (SSSR count). The van der Waals surface area contributed by atoms with Gasteiger partial charge in [0.25, 0.3) is 5.91 Å². The van der Waals surface area contributed by atoms with Gasteiger partial charge in [-0.25, -0.2) is 0 Å². The lowest BCUT2D eigenvalue weighted by Gasteiger charge is -2.11. The quantitative estimate of drug-likeness (QED) is 0.822. The number of furan rings is 1. The van der Waals surface area contributed by atoms with Crippen LogP contribution in [0.15, 0.2) is 40.8 Å². The predicted molar refractivity (Wildman–Crippen MR) is 94.8 cm³/mol. The Bertz CT molecular complexity index is 662. The summed E-state index contributed by atoms with van der Waals surface area (Å²) in [4.78, 5) is 12.2. The van der Waals surface area contributed by atoms with Crippen LogP contribution in [0.25, 0.3) is 0 Å². The minimum absolute atomic E-state index is 0.193. The van der Waals surface area contributed by atoms with Crippen LogP contribution in [0.3, 0.4) is 0 Å². The molecular formula is C18H21NO4S. The fourth-order valence-corrected chi connectivity index (χ4v) is 2.95. The highest BCUT2D eigenvalue weighted by Crippen LogP contribution is 2.20. The highest BCUT2D eigenvalue weighted by atomic mass is 32.2. The maximum atomic E-state index is 12.2. The van der Waals surface area contributed by atoms with E-state index in [0.717, 1.165) is 36.7 Å². The minimum atomic E-state index is -0.254. The molecule has 1 aromatic heterocycles. The first-order valence-corrected chi connectivity index (χ1v) is 9.37. The lowest BCUT2D eigenvalue weighted by Crippen LogP contribution is -2.16. The third-order valence-corrected chi connectivity index (χ3v) is 4.32. The Morgan fingerprint density at radius 2 is 2.12 bits per heavy atom. The van der Waals surface area contributed by atoms with Gasteiger partial charge in [-0.05, 0) is 55.5 Å². The molecule has 1 fully saturated rings. The standard InChI is InChI=1S/C18H21NO4S/c1-24-12-16-8-9-17(23-16)18(20)19-13-4-6-14(7-5-13)22-11-15-3-2-10-21-15/h4-9,15H,2-3,10-12H2,1H3,(H,19,20). The number of nitrogens with one attached hydrogen (secondary N) is 1. The average molecular weight is 347 g/mol. The SMILES string of the molecule is CSCc1ccc(C(=O)Nc2ccc(OCC3CCCO3)cc2)o1. The van der Waals surface area contributed by atoms with Gasteiger partial charge >= 0.3 is 0 Å². The molecule has 1 aromatic carbocycles. The average Bonchev–Trinajstić information content (AvgIpc) is 3.26.